The van der Waals surface area contributed by atoms with E-state index in [1.54, 1.807) is 13.3 Å². The van der Waals surface area contributed by atoms with Gasteiger partial charge in [-0.3, -0.25) is 0 Å². The van der Waals surface area contributed by atoms with Crippen LogP contribution < -0.4 is 9.64 Å². The van der Waals surface area contributed by atoms with E-state index in [4.69, 9.17) is 4.74 Å². The van der Waals surface area contributed by atoms with Gasteiger partial charge in [-0.15, -0.1) is 0 Å². The van der Waals surface area contributed by atoms with E-state index in [1.807, 2.05) is 12.1 Å². The highest BCUT2D eigenvalue weighted by atomic mass is 16.5. The molecule has 0 spiro atoms. The number of fused-ring (bicyclic) bond motifs is 1. The molecular formula is C15H22N2O2. The average Bonchev–Trinajstić information content (AvgIpc) is 2.46. The molecule has 19 heavy (non-hydrogen) atoms. The maximum Gasteiger partial charge on any atom is 0.137 e. The van der Waals surface area contributed by atoms with Gasteiger partial charge in [-0.05, 0) is 31.4 Å². The number of rotatable bonds is 2. The van der Waals surface area contributed by atoms with Gasteiger partial charge in [0, 0.05) is 19.0 Å². The molecular weight excluding hydrogens is 240 g/mol. The molecule has 3 rings (SSSR count). The van der Waals surface area contributed by atoms with E-state index >= 15 is 0 Å². The van der Waals surface area contributed by atoms with E-state index < -0.39 is 5.60 Å². The molecule has 1 N–H and O–H groups in total. The number of methoxy groups -OCH3 is 1. The summed E-state index contributed by atoms with van der Waals surface area (Å²) in [4.78, 5) is 6.75. The molecule has 2 heterocycles. The van der Waals surface area contributed by atoms with E-state index in [0.717, 1.165) is 43.9 Å². The van der Waals surface area contributed by atoms with Gasteiger partial charge in [0.05, 0.1) is 18.9 Å². The Bertz CT molecular complexity index is 434. The van der Waals surface area contributed by atoms with Crippen LogP contribution in [0.3, 0.4) is 0 Å². The van der Waals surface area contributed by atoms with Crippen LogP contribution in [-0.2, 0) is 0 Å². The second kappa shape index (κ2) is 5.00. The van der Waals surface area contributed by atoms with Crippen molar-refractivity contribution in [3.8, 4) is 5.75 Å². The Balaban J connectivity index is 1.73. The summed E-state index contributed by atoms with van der Waals surface area (Å²) in [5.41, 5.74) is -0.415. The lowest BCUT2D eigenvalue weighted by molar-refractivity contribution is -0.0613. The monoisotopic (exact) mass is 262 g/mol. The van der Waals surface area contributed by atoms with Crippen LogP contribution in [0.4, 0.5) is 5.82 Å². The third kappa shape index (κ3) is 2.41. The predicted octanol–water partition coefficient (Wildman–Crippen LogP) is 2.22. The number of hydrogen-bond acceptors (Lipinski definition) is 4. The first-order chi connectivity index (χ1) is 9.21. The molecule has 1 aliphatic heterocycles. The van der Waals surface area contributed by atoms with Crippen molar-refractivity contribution < 1.29 is 9.84 Å². The van der Waals surface area contributed by atoms with E-state index in [0.29, 0.717) is 5.92 Å². The van der Waals surface area contributed by atoms with Gasteiger partial charge < -0.3 is 14.7 Å². The maximum absolute atomic E-state index is 10.7. The summed E-state index contributed by atoms with van der Waals surface area (Å²) in [5.74, 6) is 2.18. The smallest absolute Gasteiger partial charge is 0.137 e. The lowest BCUT2D eigenvalue weighted by atomic mass is 9.71. The van der Waals surface area contributed by atoms with Gasteiger partial charge in [0.25, 0.3) is 0 Å². The SMILES string of the molecule is COc1ccc(N2CCC3(O)CCCCC3C2)nc1. The summed E-state index contributed by atoms with van der Waals surface area (Å²) in [6.07, 6.45) is 7.16. The van der Waals surface area contributed by atoms with Crippen LogP contribution in [0.2, 0.25) is 0 Å². The Morgan fingerprint density at radius 1 is 1.37 bits per heavy atom. The number of aliphatic hydroxyl groups is 1. The Hall–Kier alpha value is -1.29. The largest absolute Gasteiger partial charge is 0.495 e. The molecule has 2 atom stereocenters. The third-order valence-corrected chi connectivity index (χ3v) is 4.71. The Labute approximate surface area is 114 Å². The van der Waals surface area contributed by atoms with E-state index in [9.17, 15) is 5.11 Å². The first kappa shape index (κ1) is 12.7. The van der Waals surface area contributed by atoms with Crippen LogP contribution in [0, 0.1) is 5.92 Å². The van der Waals surface area contributed by atoms with Gasteiger partial charge in [0.2, 0.25) is 0 Å². The first-order valence-electron chi connectivity index (χ1n) is 7.19. The molecule has 2 unspecified atom stereocenters. The van der Waals surface area contributed by atoms with Crippen molar-refractivity contribution in [3.63, 3.8) is 0 Å². The average molecular weight is 262 g/mol. The molecule has 1 aliphatic carbocycles. The minimum atomic E-state index is -0.415. The van der Waals surface area contributed by atoms with Crippen LogP contribution in [0.15, 0.2) is 18.3 Å². The fourth-order valence-corrected chi connectivity index (χ4v) is 3.46. The van der Waals surface area contributed by atoms with Crippen molar-refractivity contribution >= 4 is 5.82 Å². The molecule has 2 fully saturated rings. The molecule has 1 saturated carbocycles. The van der Waals surface area contributed by atoms with Crippen LogP contribution in [0.5, 0.6) is 5.75 Å². The van der Waals surface area contributed by atoms with E-state index in [-0.39, 0.29) is 0 Å². The summed E-state index contributed by atoms with van der Waals surface area (Å²) in [6, 6.07) is 3.95. The van der Waals surface area contributed by atoms with Crippen LogP contribution in [-0.4, -0.2) is 35.9 Å². The zero-order valence-electron chi connectivity index (χ0n) is 11.5. The first-order valence-corrected chi connectivity index (χ1v) is 7.19. The number of anilines is 1. The van der Waals surface area contributed by atoms with Crippen molar-refractivity contribution in [2.45, 2.75) is 37.7 Å². The van der Waals surface area contributed by atoms with Gasteiger partial charge in [0.15, 0.2) is 0 Å². The van der Waals surface area contributed by atoms with E-state index in [1.165, 1.54) is 12.8 Å². The Morgan fingerprint density at radius 2 is 2.26 bits per heavy atom. The Morgan fingerprint density at radius 3 is 3.00 bits per heavy atom. The minimum Gasteiger partial charge on any atom is -0.495 e. The molecule has 2 aliphatic rings. The Kier molecular flexibility index (Phi) is 3.35. The van der Waals surface area contributed by atoms with Crippen LogP contribution in [0.1, 0.15) is 32.1 Å². The fourth-order valence-electron chi connectivity index (χ4n) is 3.46. The zero-order chi connectivity index (χ0) is 13.3. The van der Waals surface area contributed by atoms with Crippen molar-refractivity contribution in [2.75, 3.05) is 25.1 Å². The quantitative estimate of drug-likeness (QED) is 0.887. The van der Waals surface area contributed by atoms with Crippen molar-refractivity contribution in [1.82, 2.24) is 4.98 Å². The van der Waals surface area contributed by atoms with E-state index in [2.05, 4.69) is 9.88 Å². The molecule has 1 saturated heterocycles. The number of nitrogens with zero attached hydrogens (tertiary/aromatic N) is 2. The number of aromatic nitrogens is 1. The molecule has 104 valence electrons. The van der Waals surface area contributed by atoms with Crippen LogP contribution in [0.25, 0.3) is 0 Å². The van der Waals surface area contributed by atoms with Gasteiger partial charge in [0.1, 0.15) is 11.6 Å². The summed E-state index contributed by atoms with van der Waals surface area (Å²) in [6.45, 7) is 1.82. The fraction of sp³-hybridized carbons (Fsp3) is 0.667. The van der Waals surface area contributed by atoms with Crippen molar-refractivity contribution in [2.24, 2.45) is 5.92 Å². The summed E-state index contributed by atoms with van der Waals surface area (Å²) < 4.78 is 5.14. The summed E-state index contributed by atoms with van der Waals surface area (Å²) in [7, 11) is 1.65. The third-order valence-electron chi connectivity index (χ3n) is 4.71. The van der Waals surface area contributed by atoms with Gasteiger partial charge in [-0.2, -0.15) is 0 Å². The molecule has 1 aromatic rings. The number of piperidine rings is 1. The number of ether oxygens (including phenoxy) is 1. The van der Waals surface area contributed by atoms with Gasteiger partial charge in [-0.25, -0.2) is 4.98 Å². The van der Waals surface area contributed by atoms with Gasteiger partial charge >= 0.3 is 0 Å². The lowest BCUT2D eigenvalue weighted by Crippen LogP contribution is -2.53. The number of hydrogen-bond donors (Lipinski definition) is 1. The summed E-state index contributed by atoms with van der Waals surface area (Å²) >= 11 is 0. The molecule has 0 radical (unpaired) electrons. The minimum absolute atomic E-state index is 0.402. The van der Waals surface area contributed by atoms with Gasteiger partial charge in [-0.1, -0.05) is 12.8 Å². The molecule has 4 nitrogen and oxygen atoms in total. The molecule has 0 aromatic carbocycles. The van der Waals surface area contributed by atoms with Crippen LogP contribution >= 0.6 is 0 Å². The normalized spacial score (nSPS) is 30.8. The highest BCUT2D eigenvalue weighted by molar-refractivity contribution is 5.41. The lowest BCUT2D eigenvalue weighted by Gasteiger charge is -2.47. The highest BCUT2D eigenvalue weighted by Crippen LogP contribution is 2.40. The molecule has 1 aromatic heterocycles. The zero-order valence-corrected chi connectivity index (χ0v) is 11.5. The topological polar surface area (TPSA) is 45.6 Å². The second-order valence-corrected chi connectivity index (χ2v) is 5.80. The number of pyridine rings is 1. The molecule has 0 bridgehead atoms. The predicted molar refractivity (Wildman–Crippen MR) is 74.5 cm³/mol. The maximum atomic E-state index is 10.7. The molecule has 0 amide bonds. The van der Waals surface area contributed by atoms with Crippen molar-refractivity contribution in [3.05, 3.63) is 18.3 Å². The summed E-state index contributed by atoms with van der Waals surface area (Å²) in [5, 5.41) is 10.7. The highest BCUT2D eigenvalue weighted by Gasteiger charge is 2.42. The standard InChI is InChI=1S/C15H22N2O2/c1-19-13-5-6-14(16-10-13)17-9-8-15(18)7-3-2-4-12(15)11-17/h5-6,10,12,18H,2-4,7-9,11H2,1H3. The van der Waals surface area contributed by atoms with Crippen molar-refractivity contribution in [1.29, 1.82) is 0 Å². The second-order valence-electron chi connectivity index (χ2n) is 5.80. The molecule has 4 heteroatoms.